The predicted octanol–water partition coefficient (Wildman–Crippen LogP) is 3.26. The highest BCUT2D eigenvalue weighted by molar-refractivity contribution is 6.30. The van der Waals surface area contributed by atoms with Crippen molar-refractivity contribution in [1.82, 2.24) is 20.2 Å². The molecular weight excluding hydrogens is 380 g/mol. The second kappa shape index (κ2) is 7.32. The molecular formula is C19H17ClN6O2. The molecule has 2 aromatic carbocycles. The number of nitrogens with zero attached hydrogens (tertiary/aromatic N) is 4. The number of allylic oxidation sites excluding steroid dienone is 1. The number of anilines is 2. The standard InChI is InChI=1S/C19H17ClN6O2/c1-11-16(18(27)22-13-9-7-12(20)8-10-13)17(26-19(21-11)23-24-25-26)14-5-3-4-6-15(14)28-2/h3-10,17H,1-2H3,(H,22,27)(H,21,23,25)/t17-/m0/s1. The van der Waals surface area contributed by atoms with Crippen LogP contribution in [0.4, 0.5) is 11.6 Å². The summed E-state index contributed by atoms with van der Waals surface area (Å²) in [6, 6.07) is 13.9. The highest BCUT2D eigenvalue weighted by atomic mass is 35.5. The maximum Gasteiger partial charge on any atom is 0.255 e. The Balaban J connectivity index is 1.78. The minimum absolute atomic E-state index is 0.274. The van der Waals surface area contributed by atoms with Crippen molar-refractivity contribution in [3.05, 3.63) is 70.4 Å². The number of fused-ring (bicyclic) bond motifs is 1. The number of rotatable bonds is 4. The Hall–Kier alpha value is -3.39. The summed E-state index contributed by atoms with van der Waals surface area (Å²) in [5, 5.41) is 18.4. The Kier molecular flexibility index (Phi) is 4.70. The summed E-state index contributed by atoms with van der Waals surface area (Å²) in [7, 11) is 1.59. The van der Waals surface area contributed by atoms with Gasteiger partial charge in [-0.2, -0.15) is 4.68 Å². The molecule has 0 bridgehead atoms. The van der Waals surface area contributed by atoms with E-state index in [-0.39, 0.29) is 5.91 Å². The van der Waals surface area contributed by atoms with Crippen LogP contribution in [-0.4, -0.2) is 33.2 Å². The van der Waals surface area contributed by atoms with E-state index in [4.69, 9.17) is 16.3 Å². The molecule has 0 radical (unpaired) electrons. The van der Waals surface area contributed by atoms with Gasteiger partial charge in [-0.05, 0) is 47.7 Å². The molecule has 142 valence electrons. The zero-order valence-electron chi connectivity index (χ0n) is 15.2. The van der Waals surface area contributed by atoms with Crippen LogP contribution in [0.5, 0.6) is 5.75 Å². The molecule has 3 aromatic rings. The third-order valence-corrected chi connectivity index (χ3v) is 4.75. The number of methoxy groups -OCH3 is 1. The Morgan fingerprint density at radius 1 is 1.21 bits per heavy atom. The largest absolute Gasteiger partial charge is 0.496 e. The molecule has 0 saturated heterocycles. The van der Waals surface area contributed by atoms with Crippen molar-refractivity contribution >= 4 is 29.1 Å². The van der Waals surface area contributed by atoms with E-state index in [0.29, 0.717) is 33.7 Å². The van der Waals surface area contributed by atoms with Crippen LogP contribution in [-0.2, 0) is 4.79 Å². The summed E-state index contributed by atoms with van der Waals surface area (Å²) in [5.41, 5.74) is 2.56. The maximum atomic E-state index is 13.2. The quantitative estimate of drug-likeness (QED) is 0.703. The fourth-order valence-electron chi connectivity index (χ4n) is 3.22. The van der Waals surface area contributed by atoms with Crippen LogP contribution in [0.2, 0.25) is 5.02 Å². The Labute approximate surface area is 166 Å². The van der Waals surface area contributed by atoms with Crippen molar-refractivity contribution < 1.29 is 9.53 Å². The third kappa shape index (κ3) is 3.18. The molecule has 0 saturated carbocycles. The van der Waals surface area contributed by atoms with Crippen LogP contribution < -0.4 is 15.4 Å². The van der Waals surface area contributed by atoms with Gasteiger partial charge < -0.3 is 15.4 Å². The maximum absolute atomic E-state index is 13.2. The van der Waals surface area contributed by atoms with E-state index in [1.807, 2.05) is 31.2 Å². The fourth-order valence-corrected chi connectivity index (χ4v) is 3.34. The van der Waals surface area contributed by atoms with Gasteiger partial charge in [-0.25, -0.2) is 0 Å². The lowest BCUT2D eigenvalue weighted by Crippen LogP contribution is -2.31. The van der Waals surface area contributed by atoms with Crippen molar-refractivity contribution in [2.75, 3.05) is 17.7 Å². The molecule has 9 heteroatoms. The average Bonchev–Trinajstić information content (AvgIpc) is 3.16. The first-order chi connectivity index (χ1) is 13.6. The number of hydrogen-bond acceptors (Lipinski definition) is 6. The molecule has 0 unspecified atom stereocenters. The first kappa shape index (κ1) is 18.0. The van der Waals surface area contributed by atoms with Gasteiger partial charge in [-0.3, -0.25) is 4.79 Å². The molecule has 2 N–H and O–H groups in total. The molecule has 1 amide bonds. The number of carbonyl (C=O) groups is 1. The molecule has 2 heterocycles. The van der Waals surface area contributed by atoms with E-state index in [1.165, 1.54) is 0 Å². The summed E-state index contributed by atoms with van der Waals surface area (Å²) >= 11 is 5.93. The van der Waals surface area contributed by atoms with E-state index in [1.54, 1.807) is 36.1 Å². The lowest BCUT2D eigenvalue weighted by Gasteiger charge is -2.28. The molecule has 1 aliphatic heterocycles. The van der Waals surface area contributed by atoms with Gasteiger partial charge >= 0.3 is 0 Å². The molecule has 8 nitrogen and oxygen atoms in total. The predicted molar refractivity (Wildman–Crippen MR) is 105 cm³/mol. The van der Waals surface area contributed by atoms with Crippen molar-refractivity contribution in [2.24, 2.45) is 0 Å². The third-order valence-electron chi connectivity index (χ3n) is 4.49. The Bertz CT molecular complexity index is 1060. The lowest BCUT2D eigenvalue weighted by molar-refractivity contribution is -0.113. The molecule has 0 fully saturated rings. The number of ether oxygens (including phenoxy) is 1. The van der Waals surface area contributed by atoms with Gasteiger partial charge in [0.25, 0.3) is 5.91 Å². The summed E-state index contributed by atoms with van der Waals surface area (Å²) in [6.07, 6.45) is 0. The van der Waals surface area contributed by atoms with E-state index in [9.17, 15) is 4.79 Å². The van der Waals surface area contributed by atoms with Gasteiger partial charge in [0.1, 0.15) is 11.8 Å². The summed E-state index contributed by atoms with van der Waals surface area (Å²) in [6.45, 7) is 1.82. The molecule has 1 atom stereocenters. The van der Waals surface area contributed by atoms with Crippen LogP contribution in [0, 0.1) is 0 Å². The van der Waals surface area contributed by atoms with Gasteiger partial charge in [0.2, 0.25) is 5.95 Å². The molecule has 1 aromatic heterocycles. The number of aromatic nitrogens is 4. The smallest absolute Gasteiger partial charge is 0.255 e. The Morgan fingerprint density at radius 2 is 1.96 bits per heavy atom. The van der Waals surface area contributed by atoms with E-state index >= 15 is 0 Å². The monoisotopic (exact) mass is 396 g/mol. The van der Waals surface area contributed by atoms with Gasteiger partial charge in [0.05, 0.1) is 12.7 Å². The van der Waals surface area contributed by atoms with Crippen LogP contribution in [0.3, 0.4) is 0 Å². The van der Waals surface area contributed by atoms with E-state index in [0.717, 1.165) is 5.56 Å². The zero-order chi connectivity index (χ0) is 19.7. The van der Waals surface area contributed by atoms with Gasteiger partial charge in [-0.1, -0.05) is 34.9 Å². The second-order valence-electron chi connectivity index (χ2n) is 6.22. The minimum Gasteiger partial charge on any atom is -0.496 e. The van der Waals surface area contributed by atoms with E-state index < -0.39 is 6.04 Å². The molecule has 4 rings (SSSR count). The highest BCUT2D eigenvalue weighted by Crippen LogP contribution is 2.38. The number of hydrogen-bond donors (Lipinski definition) is 2. The fraction of sp³-hybridized carbons (Fsp3) is 0.158. The van der Waals surface area contributed by atoms with Crippen LogP contribution in [0.15, 0.2) is 59.8 Å². The number of halogens is 1. The van der Waals surface area contributed by atoms with Gasteiger partial charge in [0.15, 0.2) is 0 Å². The number of tetrazole rings is 1. The average molecular weight is 397 g/mol. The number of nitrogens with one attached hydrogen (secondary N) is 2. The molecule has 28 heavy (non-hydrogen) atoms. The van der Waals surface area contributed by atoms with Crippen LogP contribution >= 0.6 is 11.6 Å². The number of carbonyl (C=O) groups excluding carboxylic acids is 1. The van der Waals surface area contributed by atoms with Gasteiger partial charge in [0, 0.05) is 22.0 Å². The molecule has 1 aliphatic rings. The van der Waals surface area contributed by atoms with Crippen LogP contribution in [0.25, 0.3) is 0 Å². The summed E-state index contributed by atoms with van der Waals surface area (Å²) in [5.74, 6) is 0.821. The lowest BCUT2D eigenvalue weighted by atomic mass is 9.94. The molecule has 0 spiro atoms. The van der Waals surface area contributed by atoms with Crippen LogP contribution in [0.1, 0.15) is 18.5 Å². The highest BCUT2D eigenvalue weighted by Gasteiger charge is 2.35. The van der Waals surface area contributed by atoms with Crippen molar-refractivity contribution in [3.63, 3.8) is 0 Å². The zero-order valence-corrected chi connectivity index (χ0v) is 15.9. The first-order valence-electron chi connectivity index (χ1n) is 8.54. The number of para-hydroxylation sites is 1. The second-order valence-corrected chi connectivity index (χ2v) is 6.65. The minimum atomic E-state index is -0.547. The van der Waals surface area contributed by atoms with Crippen molar-refractivity contribution in [3.8, 4) is 5.75 Å². The number of amides is 1. The van der Waals surface area contributed by atoms with Crippen molar-refractivity contribution in [1.29, 1.82) is 0 Å². The Morgan fingerprint density at radius 3 is 2.71 bits per heavy atom. The summed E-state index contributed by atoms with van der Waals surface area (Å²) < 4.78 is 7.08. The van der Waals surface area contributed by atoms with Gasteiger partial charge in [-0.15, -0.1) is 0 Å². The van der Waals surface area contributed by atoms with E-state index in [2.05, 4.69) is 26.2 Å². The number of benzene rings is 2. The van der Waals surface area contributed by atoms with Crippen molar-refractivity contribution in [2.45, 2.75) is 13.0 Å². The topological polar surface area (TPSA) is 94.0 Å². The first-order valence-corrected chi connectivity index (χ1v) is 8.91. The SMILES string of the molecule is COc1ccccc1[C@H]1C(C(=O)Nc2ccc(Cl)cc2)=C(C)Nc2nnnn21. The summed E-state index contributed by atoms with van der Waals surface area (Å²) in [4.78, 5) is 13.2. The normalized spacial score (nSPS) is 15.6. The molecule has 0 aliphatic carbocycles.